The molecule has 2 aromatic carbocycles. The number of methoxy groups -OCH3 is 2. The molecule has 26 heavy (non-hydrogen) atoms. The Labute approximate surface area is 158 Å². The summed E-state index contributed by atoms with van der Waals surface area (Å²) in [6.07, 6.45) is 0.839. The molecule has 0 radical (unpaired) electrons. The van der Waals surface area contributed by atoms with Gasteiger partial charge in [-0.25, -0.2) is 0 Å². The summed E-state index contributed by atoms with van der Waals surface area (Å²) < 4.78 is 10.6. The fraction of sp³-hybridized carbons (Fsp3) is 0.350. The normalized spacial score (nSPS) is 17.1. The monoisotopic (exact) mass is 374 g/mol. The van der Waals surface area contributed by atoms with E-state index >= 15 is 0 Å². The molecule has 0 bridgehead atoms. The van der Waals surface area contributed by atoms with Crippen LogP contribution in [0.1, 0.15) is 12.0 Å². The maximum absolute atomic E-state index is 12.7. The lowest BCUT2D eigenvalue weighted by atomic mass is 10.1. The van der Waals surface area contributed by atoms with Gasteiger partial charge in [-0.05, 0) is 18.5 Å². The molecule has 1 saturated heterocycles. The summed E-state index contributed by atoms with van der Waals surface area (Å²) >= 11 is 6.12. The molecule has 2 aromatic rings. The van der Waals surface area contributed by atoms with Crippen molar-refractivity contribution >= 4 is 23.2 Å². The van der Waals surface area contributed by atoms with Crippen LogP contribution in [0, 0.1) is 5.92 Å². The molecule has 1 atom stereocenters. The Morgan fingerprint density at radius 3 is 2.62 bits per heavy atom. The lowest BCUT2D eigenvalue weighted by molar-refractivity contribution is -0.119. The number of hydrogen-bond acceptors (Lipinski definition) is 4. The second-order valence-electron chi connectivity index (χ2n) is 6.38. The molecule has 0 aliphatic carbocycles. The first-order chi connectivity index (χ1) is 12.6. The Kier molecular flexibility index (Phi) is 6.01. The van der Waals surface area contributed by atoms with E-state index in [-0.39, 0.29) is 11.8 Å². The first-order valence-electron chi connectivity index (χ1n) is 8.59. The van der Waals surface area contributed by atoms with E-state index in [1.54, 1.807) is 19.2 Å². The molecule has 1 aliphatic rings. The number of carbonyl (C=O) groups excluding carboxylic acids is 1. The van der Waals surface area contributed by atoms with Crippen LogP contribution in [0.4, 0.5) is 5.69 Å². The molecule has 1 N–H and O–H groups in total. The lowest BCUT2D eigenvalue weighted by Crippen LogP contribution is -2.27. The maximum Gasteiger partial charge on any atom is 0.228 e. The molecule has 1 heterocycles. The fourth-order valence-electron chi connectivity index (χ4n) is 3.22. The zero-order valence-electron chi connectivity index (χ0n) is 15.0. The SMILES string of the molecule is COc1cc(NC(=O)C2CCN(Cc3ccccc3)C2)c(OC)cc1Cl. The van der Waals surface area contributed by atoms with Crippen LogP contribution >= 0.6 is 11.6 Å². The van der Waals surface area contributed by atoms with Crippen LogP contribution in [-0.4, -0.2) is 38.1 Å². The van der Waals surface area contributed by atoms with Crippen LogP contribution in [0.2, 0.25) is 5.02 Å². The van der Waals surface area contributed by atoms with Crippen LogP contribution in [-0.2, 0) is 11.3 Å². The number of rotatable bonds is 6. The summed E-state index contributed by atoms with van der Waals surface area (Å²) in [5.41, 5.74) is 1.83. The van der Waals surface area contributed by atoms with Crippen LogP contribution in [0.5, 0.6) is 11.5 Å². The topological polar surface area (TPSA) is 50.8 Å². The lowest BCUT2D eigenvalue weighted by Gasteiger charge is -2.17. The number of benzene rings is 2. The third-order valence-electron chi connectivity index (χ3n) is 4.62. The van der Waals surface area contributed by atoms with E-state index in [2.05, 4.69) is 22.3 Å². The van der Waals surface area contributed by atoms with E-state index in [0.717, 1.165) is 26.1 Å². The number of ether oxygens (including phenoxy) is 2. The van der Waals surface area contributed by atoms with Gasteiger partial charge < -0.3 is 14.8 Å². The summed E-state index contributed by atoms with van der Waals surface area (Å²) in [5, 5.41) is 3.40. The molecule has 1 aliphatic heterocycles. The van der Waals surface area contributed by atoms with Gasteiger partial charge in [0.2, 0.25) is 5.91 Å². The van der Waals surface area contributed by atoms with Gasteiger partial charge in [-0.2, -0.15) is 0 Å². The predicted octanol–water partition coefficient (Wildman–Crippen LogP) is 3.82. The summed E-state index contributed by atoms with van der Waals surface area (Å²) in [4.78, 5) is 15.0. The van der Waals surface area contributed by atoms with Gasteiger partial charge in [-0.3, -0.25) is 9.69 Å². The van der Waals surface area contributed by atoms with Crippen molar-refractivity contribution in [3.63, 3.8) is 0 Å². The Hall–Kier alpha value is -2.24. The second-order valence-corrected chi connectivity index (χ2v) is 6.79. The molecule has 3 rings (SSSR count). The van der Waals surface area contributed by atoms with Crippen LogP contribution < -0.4 is 14.8 Å². The van der Waals surface area contributed by atoms with Gasteiger partial charge in [0.1, 0.15) is 11.5 Å². The van der Waals surface area contributed by atoms with Crippen LogP contribution in [0.15, 0.2) is 42.5 Å². The molecular weight excluding hydrogens is 352 g/mol. The molecule has 5 nitrogen and oxygen atoms in total. The molecular formula is C20H23ClN2O3. The summed E-state index contributed by atoms with van der Waals surface area (Å²) in [7, 11) is 3.09. The van der Waals surface area contributed by atoms with E-state index < -0.39 is 0 Å². The molecule has 0 aromatic heterocycles. The minimum Gasteiger partial charge on any atom is -0.495 e. The fourth-order valence-corrected chi connectivity index (χ4v) is 3.46. The molecule has 1 fully saturated rings. The number of amides is 1. The van der Waals surface area contributed by atoms with Crippen molar-refractivity contribution in [2.24, 2.45) is 5.92 Å². The van der Waals surface area contributed by atoms with Gasteiger partial charge in [0.15, 0.2) is 0 Å². The zero-order chi connectivity index (χ0) is 18.5. The number of carbonyl (C=O) groups is 1. The molecule has 138 valence electrons. The maximum atomic E-state index is 12.7. The minimum absolute atomic E-state index is 0.0109. The smallest absolute Gasteiger partial charge is 0.228 e. The quantitative estimate of drug-likeness (QED) is 0.835. The predicted molar refractivity (Wildman–Crippen MR) is 103 cm³/mol. The van der Waals surface area contributed by atoms with E-state index in [1.165, 1.54) is 12.7 Å². The number of anilines is 1. The highest BCUT2D eigenvalue weighted by molar-refractivity contribution is 6.32. The summed E-state index contributed by atoms with van der Waals surface area (Å²) in [6.45, 7) is 2.52. The molecule has 0 spiro atoms. The van der Waals surface area contributed by atoms with Gasteiger partial charge in [-0.15, -0.1) is 0 Å². The zero-order valence-corrected chi connectivity index (χ0v) is 15.8. The third-order valence-corrected chi connectivity index (χ3v) is 4.92. The second kappa shape index (κ2) is 8.43. The van der Waals surface area contributed by atoms with Crippen LogP contribution in [0.25, 0.3) is 0 Å². The highest BCUT2D eigenvalue weighted by Gasteiger charge is 2.29. The van der Waals surface area contributed by atoms with E-state index in [0.29, 0.717) is 22.2 Å². The Morgan fingerprint density at radius 1 is 1.19 bits per heavy atom. The number of hydrogen-bond donors (Lipinski definition) is 1. The van der Waals surface area contributed by atoms with Gasteiger partial charge >= 0.3 is 0 Å². The first-order valence-corrected chi connectivity index (χ1v) is 8.97. The van der Waals surface area contributed by atoms with Crippen molar-refractivity contribution in [2.75, 3.05) is 32.6 Å². The molecule has 1 amide bonds. The van der Waals surface area contributed by atoms with Crippen molar-refractivity contribution in [1.82, 2.24) is 4.90 Å². The summed E-state index contributed by atoms with van der Waals surface area (Å²) in [5.74, 6) is 0.955. The Balaban J connectivity index is 1.64. The number of nitrogens with zero attached hydrogens (tertiary/aromatic N) is 1. The van der Waals surface area contributed by atoms with Crippen molar-refractivity contribution in [1.29, 1.82) is 0 Å². The Bertz CT molecular complexity index is 767. The molecule has 1 unspecified atom stereocenters. The first kappa shape index (κ1) is 18.5. The van der Waals surface area contributed by atoms with Crippen molar-refractivity contribution in [3.05, 3.63) is 53.1 Å². The largest absolute Gasteiger partial charge is 0.495 e. The van der Waals surface area contributed by atoms with Crippen molar-refractivity contribution < 1.29 is 14.3 Å². The Morgan fingerprint density at radius 2 is 1.92 bits per heavy atom. The van der Waals surface area contributed by atoms with Gasteiger partial charge in [0.05, 0.1) is 30.8 Å². The third kappa shape index (κ3) is 4.29. The minimum atomic E-state index is -0.0508. The molecule has 6 heteroatoms. The van der Waals surface area contributed by atoms with Gasteiger partial charge in [0, 0.05) is 25.2 Å². The number of nitrogens with one attached hydrogen (secondary N) is 1. The van der Waals surface area contributed by atoms with Crippen LogP contribution in [0.3, 0.4) is 0 Å². The van der Waals surface area contributed by atoms with E-state index in [4.69, 9.17) is 21.1 Å². The van der Waals surface area contributed by atoms with Gasteiger partial charge in [0.25, 0.3) is 0 Å². The molecule has 0 saturated carbocycles. The average Bonchev–Trinajstić information content (AvgIpc) is 3.12. The van der Waals surface area contributed by atoms with E-state index in [1.807, 2.05) is 18.2 Å². The van der Waals surface area contributed by atoms with E-state index in [9.17, 15) is 4.79 Å². The average molecular weight is 375 g/mol. The van der Waals surface area contributed by atoms with Gasteiger partial charge in [-0.1, -0.05) is 41.9 Å². The van der Waals surface area contributed by atoms with Crippen molar-refractivity contribution in [3.8, 4) is 11.5 Å². The number of likely N-dealkylation sites (tertiary alicyclic amines) is 1. The highest BCUT2D eigenvalue weighted by Crippen LogP contribution is 2.36. The highest BCUT2D eigenvalue weighted by atomic mass is 35.5. The van der Waals surface area contributed by atoms with Crippen molar-refractivity contribution in [2.45, 2.75) is 13.0 Å². The summed E-state index contributed by atoms with van der Waals surface area (Å²) in [6, 6.07) is 13.6. The standard InChI is InChI=1S/C20H23ClN2O3/c1-25-18-11-17(19(26-2)10-16(18)21)22-20(24)15-8-9-23(13-15)12-14-6-4-3-5-7-14/h3-7,10-11,15H,8-9,12-13H2,1-2H3,(H,22,24). The number of halogens is 1.